The quantitative estimate of drug-likeness (QED) is 0.757. The first-order valence-corrected chi connectivity index (χ1v) is 9.27. The summed E-state index contributed by atoms with van der Waals surface area (Å²) >= 11 is 0. The van der Waals surface area contributed by atoms with Gasteiger partial charge in [0.2, 0.25) is 21.8 Å². The number of amides is 2. The second-order valence-corrected chi connectivity index (χ2v) is 7.55. The highest BCUT2D eigenvalue weighted by atomic mass is 32.2. The van der Waals surface area contributed by atoms with E-state index in [1.165, 1.54) is 13.1 Å². The lowest BCUT2D eigenvalue weighted by atomic mass is 10.1. The highest BCUT2D eigenvalue weighted by molar-refractivity contribution is 7.89. The van der Waals surface area contributed by atoms with Crippen LogP contribution in [0.25, 0.3) is 10.8 Å². The summed E-state index contributed by atoms with van der Waals surface area (Å²) in [5.41, 5.74) is 0. The SMILES string of the molecule is CCNC(=O)CNC(=O)CN(C)S(=O)(=O)c1ccc2ccccc2c1. The average molecular weight is 363 g/mol. The van der Waals surface area contributed by atoms with Gasteiger partial charge in [-0.3, -0.25) is 9.59 Å². The van der Waals surface area contributed by atoms with Crippen LogP contribution in [0.1, 0.15) is 6.92 Å². The van der Waals surface area contributed by atoms with Gasteiger partial charge >= 0.3 is 0 Å². The number of hydrogen-bond acceptors (Lipinski definition) is 4. The Morgan fingerprint density at radius 2 is 1.68 bits per heavy atom. The molecule has 2 rings (SSSR count). The van der Waals surface area contributed by atoms with E-state index in [9.17, 15) is 18.0 Å². The third-order valence-electron chi connectivity index (χ3n) is 3.62. The van der Waals surface area contributed by atoms with Crippen molar-refractivity contribution < 1.29 is 18.0 Å². The topological polar surface area (TPSA) is 95.6 Å². The molecule has 0 saturated heterocycles. The Kier molecular flexibility index (Phi) is 6.11. The van der Waals surface area contributed by atoms with Crippen LogP contribution in [0, 0.1) is 0 Å². The molecule has 8 heteroatoms. The van der Waals surface area contributed by atoms with Crippen molar-refractivity contribution in [3.63, 3.8) is 0 Å². The van der Waals surface area contributed by atoms with E-state index in [0.29, 0.717) is 6.54 Å². The van der Waals surface area contributed by atoms with E-state index in [0.717, 1.165) is 15.1 Å². The van der Waals surface area contributed by atoms with Crippen molar-refractivity contribution in [2.45, 2.75) is 11.8 Å². The van der Waals surface area contributed by atoms with Gasteiger partial charge in [-0.05, 0) is 29.8 Å². The molecule has 0 bridgehead atoms. The predicted octanol–water partition coefficient (Wildman–Crippen LogP) is 0.713. The number of carbonyl (C=O) groups is 2. The fourth-order valence-electron chi connectivity index (χ4n) is 2.29. The van der Waals surface area contributed by atoms with Crippen molar-refractivity contribution in [1.82, 2.24) is 14.9 Å². The molecular formula is C17H21N3O4S. The number of sulfonamides is 1. The van der Waals surface area contributed by atoms with Crippen LogP contribution in [0.15, 0.2) is 47.4 Å². The third-order valence-corrected chi connectivity index (χ3v) is 5.41. The number of nitrogens with zero attached hydrogens (tertiary/aromatic N) is 1. The smallest absolute Gasteiger partial charge is 0.243 e. The van der Waals surface area contributed by atoms with Crippen LogP contribution in [0.5, 0.6) is 0 Å². The zero-order valence-electron chi connectivity index (χ0n) is 14.2. The number of fused-ring (bicyclic) bond motifs is 1. The zero-order valence-corrected chi connectivity index (χ0v) is 15.0. The van der Waals surface area contributed by atoms with E-state index in [-0.39, 0.29) is 23.9 Å². The molecule has 134 valence electrons. The summed E-state index contributed by atoms with van der Waals surface area (Å²) in [6, 6.07) is 12.2. The Balaban J connectivity index is 2.07. The molecule has 0 atom stereocenters. The molecule has 0 spiro atoms. The van der Waals surface area contributed by atoms with E-state index < -0.39 is 15.9 Å². The minimum absolute atomic E-state index is 0.116. The van der Waals surface area contributed by atoms with Crippen molar-refractivity contribution in [3.8, 4) is 0 Å². The van der Waals surface area contributed by atoms with E-state index in [1.807, 2.05) is 24.3 Å². The van der Waals surface area contributed by atoms with Crippen molar-refractivity contribution >= 4 is 32.6 Å². The Labute approximate surface area is 147 Å². The average Bonchev–Trinajstić information content (AvgIpc) is 2.59. The van der Waals surface area contributed by atoms with Gasteiger partial charge in [-0.25, -0.2) is 8.42 Å². The molecule has 0 aliphatic heterocycles. The second-order valence-electron chi connectivity index (χ2n) is 5.50. The zero-order chi connectivity index (χ0) is 18.4. The normalized spacial score (nSPS) is 11.5. The van der Waals surface area contributed by atoms with Gasteiger partial charge in [0.1, 0.15) is 0 Å². The number of hydrogen-bond donors (Lipinski definition) is 2. The summed E-state index contributed by atoms with van der Waals surface area (Å²) in [6.07, 6.45) is 0. The molecular weight excluding hydrogens is 342 g/mol. The van der Waals surface area contributed by atoms with Crippen LogP contribution in [-0.2, 0) is 19.6 Å². The summed E-state index contributed by atoms with van der Waals surface area (Å²) < 4.78 is 26.2. The minimum atomic E-state index is -3.80. The second kappa shape index (κ2) is 8.09. The first-order chi connectivity index (χ1) is 11.8. The molecule has 0 aliphatic rings. The fourth-order valence-corrected chi connectivity index (χ4v) is 3.45. The van der Waals surface area contributed by atoms with Crippen molar-refractivity contribution in [2.75, 3.05) is 26.7 Å². The Bertz CT molecular complexity index is 880. The maximum atomic E-state index is 12.6. The van der Waals surface area contributed by atoms with E-state index >= 15 is 0 Å². The number of nitrogens with one attached hydrogen (secondary N) is 2. The van der Waals surface area contributed by atoms with Crippen LogP contribution in [0.3, 0.4) is 0 Å². The summed E-state index contributed by atoms with van der Waals surface area (Å²) in [7, 11) is -2.47. The molecule has 0 heterocycles. The predicted molar refractivity (Wildman–Crippen MR) is 95.5 cm³/mol. The molecule has 0 aliphatic carbocycles. The third kappa shape index (κ3) is 4.77. The Morgan fingerprint density at radius 1 is 1.00 bits per heavy atom. The summed E-state index contributed by atoms with van der Waals surface area (Å²) in [5.74, 6) is -0.867. The molecule has 0 fully saturated rings. The van der Waals surface area contributed by atoms with Gasteiger partial charge in [-0.1, -0.05) is 30.3 Å². The van der Waals surface area contributed by atoms with Crippen molar-refractivity contribution in [3.05, 3.63) is 42.5 Å². The van der Waals surface area contributed by atoms with E-state index in [2.05, 4.69) is 10.6 Å². The van der Waals surface area contributed by atoms with Crippen LogP contribution in [0.4, 0.5) is 0 Å². The molecule has 2 N–H and O–H groups in total. The van der Waals surface area contributed by atoms with Crippen LogP contribution in [-0.4, -0.2) is 51.2 Å². The molecule has 0 aromatic heterocycles. The molecule has 2 amide bonds. The lowest BCUT2D eigenvalue weighted by molar-refractivity contribution is -0.126. The number of rotatable bonds is 7. The maximum Gasteiger partial charge on any atom is 0.243 e. The standard InChI is InChI=1S/C17H21N3O4S/c1-3-18-16(21)11-19-17(22)12-20(2)25(23,24)15-9-8-13-6-4-5-7-14(13)10-15/h4-10H,3,11-12H2,1-2H3,(H,18,21)(H,19,22). The maximum absolute atomic E-state index is 12.6. The first kappa shape index (κ1) is 18.9. The largest absolute Gasteiger partial charge is 0.355 e. The molecule has 0 saturated carbocycles. The Morgan fingerprint density at radius 3 is 2.36 bits per heavy atom. The first-order valence-electron chi connectivity index (χ1n) is 7.83. The van der Waals surface area contributed by atoms with E-state index in [1.54, 1.807) is 19.1 Å². The van der Waals surface area contributed by atoms with Gasteiger partial charge < -0.3 is 10.6 Å². The van der Waals surface area contributed by atoms with Crippen molar-refractivity contribution in [2.24, 2.45) is 0 Å². The van der Waals surface area contributed by atoms with Gasteiger partial charge in [-0.15, -0.1) is 0 Å². The molecule has 0 radical (unpaired) electrons. The molecule has 2 aromatic rings. The van der Waals surface area contributed by atoms with Gasteiger partial charge in [0, 0.05) is 13.6 Å². The molecule has 7 nitrogen and oxygen atoms in total. The molecule has 2 aromatic carbocycles. The van der Waals surface area contributed by atoms with Gasteiger partial charge in [0.15, 0.2) is 0 Å². The van der Waals surface area contributed by atoms with E-state index in [4.69, 9.17) is 0 Å². The number of benzene rings is 2. The number of likely N-dealkylation sites (N-methyl/N-ethyl adjacent to an activating group) is 2. The molecule has 25 heavy (non-hydrogen) atoms. The summed E-state index contributed by atoms with van der Waals surface area (Å²) in [6.45, 7) is 1.68. The lowest BCUT2D eigenvalue weighted by Gasteiger charge is -2.17. The highest BCUT2D eigenvalue weighted by Gasteiger charge is 2.23. The number of carbonyl (C=O) groups excluding carboxylic acids is 2. The van der Waals surface area contributed by atoms with Gasteiger partial charge in [0.25, 0.3) is 0 Å². The lowest BCUT2D eigenvalue weighted by Crippen LogP contribution is -2.42. The highest BCUT2D eigenvalue weighted by Crippen LogP contribution is 2.21. The van der Waals surface area contributed by atoms with Crippen LogP contribution in [0.2, 0.25) is 0 Å². The van der Waals surface area contributed by atoms with Crippen molar-refractivity contribution in [1.29, 1.82) is 0 Å². The van der Waals surface area contributed by atoms with Gasteiger partial charge in [0.05, 0.1) is 18.0 Å². The molecule has 0 unspecified atom stereocenters. The fraction of sp³-hybridized carbons (Fsp3) is 0.294. The van der Waals surface area contributed by atoms with Crippen LogP contribution >= 0.6 is 0 Å². The van der Waals surface area contributed by atoms with Gasteiger partial charge in [-0.2, -0.15) is 4.31 Å². The monoisotopic (exact) mass is 363 g/mol. The minimum Gasteiger partial charge on any atom is -0.355 e. The van der Waals surface area contributed by atoms with Crippen LogP contribution < -0.4 is 10.6 Å². The summed E-state index contributed by atoms with van der Waals surface area (Å²) in [5, 5.41) is 6.67. The Hall–Kier alpha value is -2.45. The summed E-state index contributed by atoms with van der Waals surface area (Å²) in [4.78, 5) is 23.3.